The molecular formula is C22H21NO5S. The molecule has 1 aliphatic carbocycles. The van der Waals surface area contributed by atoms with Gasteiger partial charge in [-0.3, -0.25) is 8.86 Å². The van der Waals surface area contributed by atoms with Crippen LogP contribution in [0.3, 0.4) is 0 Å². The van der Waals surface area contributed by atoms with Gasteiger partial charge in [-0.25, -0.2) is 9.00 Å². The van der Waals surface area contributed by atoms with Crippen LogP contribution in [0.4, 0.5) is 5.69 Å². The van der Waals surface area contributed by atoms with Crippen molar-refractivity contribution in [1.82, 2.24) is 0 Å². The summed E-state index contributed by atoms with van der Waals surface area (Å²) in [6.45, 7) is -0.385. The summed E-state index contributed by atoms with van der Waals surface area (Å²) in [7, 11) is 0. The fourth-order valence-electron chi connectivity index (χ4n) is 3.97. The summed E-state index contributed by atoms with van der Waals surface area (Å²) in [5, 5.41) is 11.0. The number of benzene rings is 3. The van der Waals surface area contributed by atoms with Crippen molar-refractivity contribution < 1.29 is 23.4 Å². The van der Waals surface area contributed by atoms with E-state index in [1.165, 1.54) is 0 Å². The van der Waals surface area contributed by atoms with Gasteiger partial charge in [0.2, 0.25) is 0 Å². The zero-order chi connectivity index (χ0) is 20.4. The van der Waals surface area contributed by atoms with Gasteiger partial charge in [0, 0.05) is 6.04 Å². The first-order valence-electron chi connectivity index (χ1n) is 9.37. The SMILES string of the molecule is O=C(O)COc1cccc2c1CCC(N(c1ccc3ccccc3c1)S(=O)O)C2. The summed E-state index contributed by atoms with van der Waals surface area (Å²) in [4.78, 5) is 10.8. The summed E-state index contributed by atoms with van der Waals surface area (Å²) in [5.74, 6) is -0.444. The Hall–Kier alpha value is -2.90. The van der Waals surface area contributed by atoms with Gasteiger partial charge >= 0.3 is 5.97 Å². The molecule has 0 radical (unpaired) electrons. The second-order valence-corrected chi connectivity index (χ2v) is 7.92. The van der Waals surface area contributed by atoms with Crippen molar-refractivity contribution in [3.63, 3.8) is 0 Å². The highest BCUT2D eigenvalue weighted by Gasteiger charge is 2.29. The van der Waals surface area contributed by atoms with Crippen molar-refractivity contribution in [3.8, 4) is 5.75 Å². The van der Waals surface area contributed by atoms with Crippen LogP contribution in [0, 0.1) is 0 Å². The summed E-state index contributed by atoms with van der Waals surface area (Å²) in [6, 6.07) is 19.1. The third-order valence-corrected chi connectivity index (χ3v) is 6.10. The van der Waals surface area contributed by atoms with Gasteiger partial charge < -0.3 is 9.84 Å². The van der Waals surface area contributed by atoms with E-state index in [0.717, 1.165) is 21.9 Å². The Labute approximate surface area is 171 Å². The number of fused-ring (bicyclic) bond motifs is 2. The molecule has 0 heterocycles. The molecule has 150 valence electrons. The van der Waals surface area contributed by atoms with Crippen molar-refractivity contribution in [2.45, 2.75) is 25.3 Å². The van der Waals surface area contributed by atoms with Crippen LogP contribution in [0.5, 0.6) is 5.75 Å². The molecule has 2 unspecified atom stereocenters. The smallest absolute Gasteiger partial charge is 0.341 e. The molecule has 1 aliphatic rings. The quantitative estimate of drug-likeness (QED) is 0.603. The fourth-order valence-corrected chi connectivity index (χ4v) is 4.70. The number of hydrogen-bond donors (Lipinski definition) is 2. The first-order chi connectivity index (χ1) is 14.0. The van der Waals surface area contributed by atoms with E-state index in [0.29, 0.717) is 30.7 Å². The van der Waals surface area contributed by atoms with E-state index < -0.39 is 17.2 Å². The average molecular weight is 411 g/mol. The van der Waals surface area contributed by atoms with Crippen LogP contribution in [-0.2, 0) is 28.9 Å². The minimum atomic E-state index is -2.16. The number of anilines is 1. The van der Waals surface area contributed by atoms with Gasteiger partial charge in [-0.05, 0) is 59.4 Å². The van der Waals surface area contributed by atoms with Crippen molar-refractivity contribution in [3.05, 3.63) is 71.8 Å². The Kier molecular flexibility index (Phi) is 5.51. The summed E-state index contributed by atoms with van der Waals surface area (Å²) in [5.41, 5.74) is 2.70. The predicted molar refractivity (Wildman–Crippen MR) is 113 cm³/mol. The molecule has 0 spiro atoms. The standard InChI is InChI=1S/C22H21NO5S/c24-22(25)14-28-21-7-3-6-17-13-19(10-11-20(17)21)23(29(26)27)18-9-8-15-4-1-2-5-16(15)12-18/h1-9,12,19H,10-11,13-14H2,(H,24,25)(H,26,27). The number of carboxylic acid groups (broad SMARTS) is 1. The molecule has 0 saturated heterocycles. The largest absolute Gasteiger partial charge is 0.482 e. The fraction of sp³-hybridized carbons (Fsp3) is 0.227. The maximum absolute atomic E-state index is 12.2. The van der Waals surface area contributed by atoms with E-state index >= 15 is 0 Å². The van der Waals surface area contributed by atoms with Gasteiger partial charge in [0.05, 0.1) is 5.69 Å². The molecule has 0 saturated carbocycles. The first kappa shape index (κ1) is 19.4. The normalized spacial score (nSPS) is 16.8. The monoisotopic (exact) mass is 411 g/mol. The Morgan fingerprint density at radius 1 is 1.10 bits per heavy atom. The van der Waals surface area contributed by atoms with E-state index in [9.17, 15) is 13.6 Å². The first-order valence-corrected chi connectivity index (χ1v) is 10.4. The van der Waals surface area contributed by atoms with Crippen LogP contribution in [0.15, 0.2) is 60.7 Å². The predicted octanol–water partition coefficient (Wildman–Crippen LogP) is 3.80. The molecule has 2 N–H and O–H groups in total. The Bertz CT molecular complexity index is 1080. The van der Waals surface area contributed by atoms with Crippen LogP contribution in [0.25, 0.3) is 10.8 Å². The Balaban J connectivity index is 1.62. The van der Waals surface area contributed by atoms with Gasteiger partial charge in [-0.15, -0.1) is 0 Å². The molecule has 0 fully saturated rings. The molecule has 2 atom stereocenters. The summed E-state index contributed by atoms with van der Waals surface area (Å²) < 4.78 is 29.3. The van der Waals surface area contributed by atoms with E-state index in [1.807, 2.05) is 54.6 Å². The summed E-state index contributed by atoms with van der Waals surface area (Å²) >= 11 is -2.16. The Morgan fingerprint density at radius 2 is 1.90 bits per heavy atom. The summed E-state index contributed by atoms with van der Waals surface area (Å²) in [6.07, 6.45) is 1.90. The van der Waals surface area contributed by atoms with Gasteiger partial charge in [-0.1, -0.05) is 42.5 Å². The lowest BCUT2D eigenvalue weighted by Gasteiger charge is -2.34. The lowest BCUT2D eigenvalue weighted by atomic mass is 9.87. The molecular weight excluding hydrogens is 390 g/mol. The van der Waals surface area contributed by atoms with Crippen LogP contribution in [0.1, 0.15) is 17.5 Å². The van der Waals surface area contributed by atoms with Crippen LogP contribution < -0.4 is 9.04 Å². The molecule has 7 heteroatoms. The molecule has 0 amide bonds. The molecule has 0 aliphatic heterocycles. The zero-order valence-corrected chi connectivity index (χ0v) is 16.5. The molecule has 4 rings (SSSR count). The molecule has 29 heavy (non-hydrogen) atoms. The average Bonchev–Trinajstić information content (AvgIpc) is 2.71. The lowest BCUT2D eigenvalue weighted by molar-refractivity contribution is -0.139. The zero-order valence-electron chi connectivity index (χ0n) is 15.7. The van der Waals surface area contributed by atoms with E-state index in [2.05, 4.69) is 0 Å². The minimum Gasteiger partial charge on any atom is -0.482 e. The number of carboxylic acids is 1. The topological polar surface area (TPSA) is 87.1 Å². The second kappa shape index (κ2) is 8.23. The van der Waals surface area contributed by atoms with Gasteiger partial charge in [-0.2, -0.15) is 0 Å². The van der Waals surface area contributed by atoms with Crippen molar-refractivity contribution >= 4 is 33.7 Å². The van der Waals surface area contributed by atoms with Gasteiger partial charge in [0.25, 0.3) is 11.3 Å². The Morgan fingerprint density at radius 3 is 2.66 bits per heavy atom. The van der Waals surface area contributed by atoms with Crippen LogP contribution >= 0.6 is 0 Å². The maximum Gasteiger partial charge on any atom is 0.341 e. The van der Waals surface area contributed by atoms with Crippen molar-refractivity contribution in [1.29, 1.82) is 0 Å². The van der Waals surface area contributed by atoms with Crippen LogP contribution in [-0.4, -0.2) is 32.5 Å². The number of nitrogens with zero attached hydrogens (tertiary/aromatic N) is 1. The highest BCUT2D eigenvalue weighted by atomic mass is 32.2. The van der Waals surface area contributed by atoms with Crippen molar-refractivity contribution in [2.75, 3.05) is 10.9 Å². The second-order valence-electron chi connectivity index (χ2n) is 7.06. The van der Waals surface area contributed by atoms with Crippen molar-refractivity contribution in [2.24, 2.45) is 0 Å². The van der Waals surface area contributed by atoms with E-state index in [1.54, 1.807) is 10.4 Å². The molecule has 3 aromatic carbocycles. The highest BCUT2D eigenvalue weighted by Crippen LogP contribution is 2.34. The number of carbonyl (C=O) groups is 1. The molecule has 0 aromatic heterocycles. The van der Waals surface area contributed by atoms with Crippen LogP contribution in [0.2, 0.25) is 0 Å². The third-order valence-electron chi connectivity index (χ3n) is 5.25. The van der Waals surface area contributed by atoms with Gasteiger partial charge in [0.15, 0.2) is 6.61 Å². The maximum atomic E-state index is 12.2. The van der Waals surface area contributed by atoms with E-state index in [4.69, 9.17) is 9.84 Å². The number of ether oxygens (including phenoxy) is 1. The number of rotatable bonds is 6. The molecule has 3 aromatic rings. The molecule has 6 nitrogen and oxygen atoms in total. The minimum absolute atomic E-state index is 0.149. The highest BCUT2D eigenvalue weighted by molar-refractivity contribution is 7.80. The van der Waals surface area contributed by atoms with E-state index in [-0.39, 0.29) is 12.6 Å². The lowest BCUT2D eigenvalue weighted by Crippen LogP contribution is -2.40. The number of aliphatic carboxylic acids is 1. The molecule has 0 bridgehead atoms. The third kappa shape index (κ3) is 4.11. The number of hydrogen-bond acceptors (Lipinski definition) is 3. The van der Waals surface area contributed by atoms with Gasteiger partial charge in [0.1, 0.15) is 5.75 Å².